The van der Waals surface area contributed by atoms with Gasteiger partial charge in [0.05, 0.1) is 5.39 Å². The van der Waals surface area contributed by atoms with Gasteiger partial charge in [0.15, 0.2) is 5.69 Å². The summed E-state index contributed by atoms with van der Waals surface area (Å²) in [5.74, 6) is 0.569. The van der Waals surface area contributed by atoms with E-state index in [-0.39, 0.29) is 23.9 Å². The quantitative estimate of drug-likeness (QED) is 0.664. The lowest BCUT2D eigenvalue weighted by molar-refractivity contribution is 0.0683. The number of aryl methyl sites for hydroxylation is 1. The Morgan fingerprint density at radius 1 is 1.14 bits per heavy atom. The average molecular weight is 421 g/mol. The third-order valence-electron chi connectivity index (χ3n) is 5.63. The second-order valence-electron chi connectivity index (χ2n) is 7.67. The molecule has 1 aliphatic heterocycles. The molecule has 0 bridgehead atoms. The van der Waals surface area contributed by atoms with Gasteiger partial charge in [0.1, 0.15) is 0 Å². The van der Waals surface area contributed by atoms with Crippen molar-refractivity contribution >= 4 is 29.1 Å². The summed E-state index contributed by atoms with van der Waals surface area (Å²) >= 11 is 0. The molecule has 6 nitrogen and oxygen atoms in total. The first-order valence-corrected chi connectivity index (χ1v) is 10.7. The molecule has 29 heavy (non-hydrogen) atoms. The second-order valence-corrected chi connectivity index (χ2v) is 7.67. The number of carbonyl (C=O) groups excluding carboxylic acids is 1. The third-order valence-corrected chi connectivity index (χ3v) is 5.63. The highest BCUT2D eigenvalue weighted by atomic mass is 35.5. The number of fused-ring (bicyclic) bond motifs is 1. The number of aromatic nitrogens is 2. The highest BCUT2D eigenvalue weighted by Gasteiger charge is 2.26. The number of amides is 1. The van der Waals surface area contributed by atoms with E-state index >= 15 is 0 Å². The summed E-state index contributed by atoms with van der Waals surface area (Å²) in [6.45, 7) is 8.30. The molecule has 0 unspecified atom stereocenters. The van der Waals surface area contributed by atoms with Gasteiger partial charge in [-0.3, -0.25) is 9.59 Å². The number of rotatable bonds is 8. The highest BCUT2D eigenvalue weighted by molar-refractivity contribution is 6.04. The molecular weight excluding hydrogens is 388 g/mol. The molecule has 1 aromatic heterocycles. The number of unbranched alkanes of at least 4 members (excludes halogenated alkanes) is 2. The van der Waals surface area contributed by atoms with E-state index in [9.17, 15) is 9.59 Å². The van der Waals surface area contributed by atoms with Crippen molar-refractivity contribution in [1.82, 2.24) is 20.0 Å². The van der Waals surface area contributed by atoms with Crippen LogP contribution in [0.5, 0.6) is 0 Å². The molecule has 1 aromatic carbocycles. The number of hydrogen-bond donors (Lipinski definition) is 1. The smallest absolute Gasteiger partial charge is 0.274 e. The Hall–Kier alpha value is -1.92. The number of piperidine rings is 1. The summed E-state index contributed by atoms with van der Waals surface area (Å²) in [5, 5.41) is 9.17. The van der Waals surface area contributed by atoms with Gasteiger partial charge in [-0.15, -0.1) is 12.4 Å². The van der Waals surface area contributed by atoms with Crippen molar-refractivity contribution in [1.29, 1.82) is 0 Å². The molecule has 3 rings (SSSR count). The standard InChI is InChI=1S/C22H32N4O2.ClH/c1-3-5-8-13-26-21(27)19-10-7-6-9-18(19)20(24-26)22(28)25-14-11-17(12-15-25)16-23-4-2;/h6-7,9-10,17,23H,3-5,8,11-16H2,1-2H3;1H. The molecule has 1 fully saturated rings. The maximum Gasteiger partial charge on any atom is 0.274 e. The van der Waals surface area contributed by atoms with Crippen LogP contribution in [-0.4, -0.2) is 46.8 Å². The van der Waals surface area contributed by atoms with Crippen LogP contribution in [0.4, 0.5) is 0 Å². The number of nitrogens with zero attached hydrogens (tertiary/aromatic N) is 3. The maximum atomic E-state index is 13.3. The Kier molecular flexibility index (Phi) is 9.11. The van der Waals surface area contributed by atoms with E-state index in [1.54, 1.807) is 6.07 Å². The van der Waals surface area contributed by atoms with Gasteiger partial charge < -0.3 is 10.2 Å². The predicted octanol–water partition coefficient (Wildman–Crippen LogP) is 3.47. The van der Waals surface area contributed by atoms with Crippen LogP contribution in [0.3, 0.4) is 0 Å². The zero-order valence-electron chi connectivity index (χ0n) is 17.5. The molecule has 0 radical (unpaired) electrons. The van der Waals surface area contributed by atoms with E-state index in [4.69, 9.17) is 0 Å². The van der Waals surface area contributed by atoms with Gasteiger partial charge in [0.25, 0.3) is 11.5 Å². The first kappa shape index (κ1) is 23.4. The topological polar surface area (TPSA) is 67.2 Å². The third kappa shape index (κ3) is 5.58. The minimum Gasteiger partial charge on any atom is -0.337 e. The summed E-state index contributed by atoms with van der Waals surface area (Å²) in [5.41, 5.74) is 0.310. The number of halogens is 1. The van der Waals surface area contributed by atoms with E-state index in [0.29, 0.717) is 28.9 Å². The molecule has 0 spiro atoms. The Balaban J connectivity index is 0.00000300. The summed E-state index contributed by atoms with van der Waals surface area (Å²) in [7, 11) is 0. The zero-order valence-corrected chi connectivity index (χ0v) is 18.3. The second kappa shape index (κ2) is 11.3. The number of nitrogens with one attached hydrogen (secondary N) is 1. The molecule has 2 heterocycles. The molecule has 2 aromatic rings. The van der Waals surface area contributed by atoms with Gasteiger partial charge in [0.2, 0.25) is 0 Å². The number of benzene rings is 1. The molecule has 7 heteroatoms. The lowest BCUT2D eigenvalue weighted by Gasteiger charge is -2.32. The Morgan fingerprint density at radius 3 is 2.48 bits per heavy atom. The Bertz CT molecular complexity index is 860. The molecule has 1 aliphatic rings. The molecule has 0 aliphatic carbocycles. The van der Waals surface area contributed by atoms with Gasteiger partial charge >= 0.3 is 0 Å². The minimum absolute atomic E-state index is 0. The van der Waals surface area contributed by atoms with Crippen molar-refractivity contribution in [2.75, 3.05) is 26.2 Å². The van der Waals surface area contributed by atoms with E-state index in [1.807, 2.05) is 23.1 Å². The molecule has 0 saturated carbocycles. The molecule has 1 saturated heterocycles. The van der Waals surface area contributed by atoms with Crippen LogP contribution >= 0.6 is 12.4 Å². The van der Waals surface area contributed by atoms with Crippen molar-refractivity contribution in [3.05, 3.63) is 40.3 Å². The van der Waals surface area contributed by atoms with Crippen molar-refractivity contribution in [3.8, 4) is 0 Å². The molecule has 160 valence electrons. The lowest BCUT2D eigenvalue weighted by Crippen LogP contribution is -2.42. The van der Waals surface area contributed by atoms with E-state index in [2.05, 4.69) is 24.3 Å². The minimum atomic E-state index is -0.104. The van der Waals surface area contributed by atoms with Crippen LogP contribution in [0.2, 0.25) is 0 Å². The largest absolute Gasteiger partial charge is 0.337 e. The normalized spacial score (nSPS) is 14.8. The number of carbonyl (C=O) groups is 1. The van der Waals surface area contributed by atoms with Crippen molar-refractivity contribution in [2.45, 2.75) is 52.5 Å². The SMILES string of the molecule is CCCCCn1nc(C(=O)N2CCC(CNCC)CC2)c2ccccc2c1=O.Cl. The molecular formula is C22H33ClN4O2. The van der Waals surface area contributed by atoms with Gasteiger partial charge in [-0.1, -0.05) is 44.9 Å². The van der Waals surface area contributed by atoms with Gasteiger partial charge in [-0.25, -0.2) is 4.68 Å². The summed E-state index contributed by atoms with van der Waals surface area (Å²) in [6, 6.07) is 7.35. The first-order valence-electron chi connectivity index (χ1n) is 10.7. The van der Waals surface area contributed by atoms with Crippen LogP contribution in [0.15, 0.2) is 29.1 Å². The number of hydrogen-bond acceptors (Lipinski definition) is 4. The van der Waals surface area contributed by atoms with Gasteiger partial charge in [0, 0.05) is 25.0 Å². The first-order chi connectivity index (χ1) is 13.7. The summed E-state index contributed by atoms with van der Waals surface area (Å²) in [6.07, 6.45) is 5.03. The van der Waals surface area contributed by atoms with Crippen molar-refractivity contribution < 1.29 is 4.79 Å². The van der Waals surface area contributed by atoms with Crippen LogP contribution in [0.25, 0.3) is 10.8 Å². The van der Waals surface area contributed by atoms with Crippen LogP contribution in [-0.2, 0) is 6.54 Å². The van der Waals surface area contributed by atoms with Crippen LogP contribution in [0, 0.1) is 5.92 Å². The van der Waals surface area contributed by atoms with Crippen LogP contribution in [0.1, 0.15) is 56.4 Å². The maximum absolute atomic E-state index is 13.3. The average Bonchev–Trinajstić information content (AvgIpc) is 2.74. The highest BCUT2D eigenvalue weighted by Crippen LogP contribution is 2.21. The molecule has 1 N–H and O–H groups in total. The monoisotopic (exact) mass is 420 g/mol. The van der Waals surface area contributed by atoms with Gasteiger partial charge in [-0.2, -0.15) is 5.10 Å². The van der Waals surface area contributed by atoms with Crippen molar-refractivity contribution in [2.24, 2.45) is 5.92 Å². The summed E-state index contributed by atoms with van der Waals surface area (Å²) in [4.78, 5) is 27.9. The van der Waals surface area contributed by atoms with E-state index in [1.165, 1.54) is 4.68 Å². The Morgan fingerprint density at radius 2 is 1.83 bits per heavy atom. The fourth-order valence-corrected chi connectivity index (χ4v) is 3.89. The lowest BCUT2D eigenvalue weighted by atomic mass is 9.96. The van der Waals surface area contributed by atoms with E-state index in [0.717, 1.165) is 58.3 Å². The molecule has 1 amide bonds. The summed E-state index contributed by atoms with van der Waals surface area (Å²) < 4.78 is 1.49. The van der Waals surface area contributed by atoms with Crippen LogP contribution < -0.4 is 10.9 Å². The van der Waals surface area contributed by atoms with E-state index < -0.39 is 0 Å². The van der Waals surface area contributed by atoms with Crippen molar-refractivity contribution in [3.63, 3.8) is 0 Å². The van der Waals surface area contributed by atoms with Gasteiger partial charge in [-0.05, 0) is 44.3 Å². The fraction of sp³-hybridized carbons (Fsp3) is 0.591. The number of likely N-dealkylation sites (tertiary alicyclic amines) is 1. The predicted molar refractivity (Wildman–Crippen MR) is 120 cm³/mol. The molecule has 0 atom stereocenters. The fourth-order valence-electron chi connectivity index (χ4n) is 3.89. The zero-order chi connectivity index (χ0) is 19.9. The Labute approximate surface area is 179 Å².